The quantitative estimate of drug-likeness (QED) is 0.255. The molecule has 2 unspecified atom stereocenters. The number of rotatable bonds is 6. The van der Waals surface area contributed by atoms with Crippen molar-refractivity contribution in [3.8, 4) is 0 Å². The van der Waals surface area contributed by atoms with Gasteiger partial charge in [0.15, 0.2) is 0 Å². The SMILES string of the molecule is CC1([N+](=O)[O-])COB(C(C2CCCCC2)(C2CCCCC2)C2CCCCC2)OC1[O][Sn]. The van der Waals surface area contributed by atoms with Gasteiger partial charge in [0.25, 0.3) is 0 Å². The Bertz CT molecular complexity index is 561. The van der Waals surface area contributed by atoms with Crippen molar-refractivity contribution < 1.29 is 17.3 Å². The van der Waals surface area contributed by atoms with Crippen molar-refractivity contribution in [2.75, 3.05) is 6.61 Å². The van der Waals surface area contributed by atoms with E-state index in [4.69, 9.17) is 12.4 Å². The molecule has 0 bridgehead atoms. The molecule has 1 saturated heterocycles. The number of hydrogen-bond donors (Lipinski definition) is 0. The molecule has 0 spiro atoms. The second kappa shape index (κ2) is 10.6. The molecule has 3 radical (unpaired) electrons. The van der Waals surface area contributed by atoms with E-state index in [1.165, 1.54) is 96.3 Å². The van der Waals surface area contributed by atoms with Crippen LogP contribution in [0.4, 0.5) is 0 Å². The molecule has 3 saturated carbocycles. The van der Waals surface area contributed by atoms with Crippen LogP contribution in [0.25, 0.3) is 0 Å². The van der Waals surface area contributed by atoms with Gasteiger partial charge in [-0.25, -0.2) is 0 Å². The number of nitro groups is 1. The fourth-order valence-corrected chi connectivity index (χ4v) is 8.43. The Morgan fingerprint density at radius 3 is 1.68 bits per heavy atom. The summed E-state index contributed by atoms with van der Waals surface area (Å²) < 4.78 is 18.8. The Morgan fingerprint density at radius 1 is 0.903 bits per heavy atom. The standard InChI is InChI=1S/C23H39BNO5.Sn/c1-22(25(27)28)17-29-24(30-21(22)26)23(18-11-5-2-6-12-18,19-13-7-3-8-14-19)20-15-9-4-10-16-20;/h18-21H,2-17H2,1H3;/q-1;+1. The summed E-state index contributed by atoms with van der Waals surface area (Å²) in [6, 6.07) is 0. The average Bonchev–Trinajstić information content (AvgIpc) is 2.82. The fraction of sp³-hybridized carbons (Fsp3) is 1.00. The van der Waals surface area contributed by atoms with Gasteiger partial charge in [-0.2, -0.15) is 0 Å². The normalized spacial score (nSPS) is 32.8. The van der Waals surface area contributed by atoms with Gasteiger partial charge in [-0.15, -0.1) is 0 Å². The summed E-state index contributed by atoms with van der Waals surface area (Å²) in [5, 5.41) is 11.9. The van der Waals surface area contributed by atoms with Gasteiger partial charge < -0.3 is 0 Å². The summed E-state index contributed by atoms with van der Waals surface area (Å²) in [7, 11) is -0.375. The van der Waals surface area contributed by atoms with Crippen LogP contribution in [0.15, 0.2) is 0 Å². The van der Waals surface area contributed by atoms with Gasteiger partial charge in [0.2, 0.25) is 0 Å². The summed E-state index contributed by atoms with van der Waals surface area (Å²) in [6.45, 7) is 1.69. The van der Waals surface area contributed by atoms with E-state index in [0.717, 1.165) is 22.9 Å². The predicted molar refractivity (Wildman–Crippen MR) is 121 cm³/mol. The Balaban J connectivity index is 1.73. The van der Waals surface area contributed by atoms with E-state index in [9.17, 15) is 10.1 Å². The van der Waals surface area contributed by atoms with Crippen LogP contribution in [0.3, 0.4) is 0 Å². The van der Waals surface area contributed by atoms with Crippen LogP contribution < -0.4 is 0 Å². The minimum atomic E-state index is -1.34. The Morgan fingerprint density at radius 2 is 1.32 bits per heavy atom. The summed E-state index contributed by atoms with van der Waals surface area (Å²) in [5.74, 6) is 1.80. The van der Waals surface area contributed by atoms with Crippen molar-refractivity contribution in [3.05, 3.63) is 10.1 Å². The maximum atomic E-state index is 11.9. The zero-order valence-electron chi connectivity index (χ0n) is 19.2. The summed E-state index contributed by atoms with van der Waals surface area (Å²) in [4.78, 5) is 11.6. The molecular formula is C23H39BNO5Sn. The van der Waals surface area contributed by atoms with Crippen molar-refractivity contribution >= 4 is 30.1 Å². The van der Waals surface area contributed by atoms with E-state index in [1.807, 2.05) is 0 Å². The van der Waals surface area contributed by atoms with Crippen LogP contribution in [-0.4, -0.2) is 53.4 Å². The molecule has 0 aromatic rings. The van der Waals surface area contributed by atoms with Crippen LogP contribution in [0.2, 0.25) is 5.31 Å². The molecule has 4 fully saturated rings. The van der Waals surface area contributed by atoms with Gasteiger partial charge >= 0.3 is 202 Å². The average molecular weight is 539 g/mol. The number of nitrogens with zero attached hydrogens (tertiary/aromatic N) is 1. The zero-order chi connectivity index (χ0) is 21.9. The zero-order valence-corrected chi connectivity index (χ0v) is 22.0. The van der Waals surface area contributed by atoms with Gasteiger partial charge in [-0.1, -0.05) is 0 Å². The molecule has 173 valence electrons. The Hall–Kier alpha value is 0.144. The third-order valence-corrected chi connectivity index (χ3v) is 9.76. The molecule has 0 amide bonds. The molecule has 31 heavy (non-hydrogen) atoms. The molecule has 6 nitrogen and oxygen atoms in total. The van der Waals surface area contributed by atoms with Crippen LogP contribution in [0, 0.1) is 27.9 Å². The molecule has 4 rings (SSSR count). The van der Waals surface area contributed by atoms with Crippen molar-refractivity contribution in [2.45, 2.75) is 120 Å². The maximum absolute atomic E-state index is 11.9. The van der Waals surface area contributed by atoms with Gasteiger partial charge in [0.1, 0.15) is 0 Å². The van der Waals surface area contributed by atoms with Gasteiger partial charge in [0.05, 0.1) is 0 Å². The molecule has 1 aliphatic heterocycles. The Kier molecular flexibility index (Phi) is 8.30. The van der Waals surface area contributed by atoms with Gasteiger partial charge in [0, 0.05) is 0 Å². The molecule has 2 atom stereocenters. The third-order valence-electron chi connectivity index (χ3n) is 9.15. The third kappa shape index (κ3) is 4.59. The van der Waals surface area contributed by atoms with Gasteiger partial charge in [-0.3, -0.25) is 0 Å². The Labute approximate surface area is 201 Å². The van der Waals surface area contributed by atoms with E-state index in [0.29, 0.717) is 17.8 Å². The van der Waals surface area contributed by atoms with E-state index in [2.05, 4.69) is 0 Å². The van der Waals surface area contributed by atoms with Crippen molar-refractivity contribution in [2.24, 2.45) is 17.8 Å². The van der Waals surface area contributed by atoms with Crippen LogP contribution >= 0.6 is 0 Å². The van der Waals surface area contributed by atoms with E-state index in [1.54, 1.807) is 6.92 Å². The summed E-state index contributed by atoms with van der Waals surface area (Å²) in [5.41, 5.74) is -1.34. The van der Waals surface area contributed by atoms with E-state index in [-0.39, 0.29) is 24.0 Å². The molecule has 0 N–H and O–H groups in total. The molecule has 8 heteroatoms. The molecule has 0 aromatic heterocycles. The molecule has 0 aromatic carbocycles. The number of hydrogen-bond acceptors (Lipinski definition) is 5. The topological polar surface area (TPSA) is 70.8 Å². The van der Waals surface area contributed by atoms with E-state index >= 15 is 0 Å². The molecule has 1 heterocycles. The first-order valence-corrected chi connectivity index (χ1v) is 13.9. The van der Waals surface area contributed by atoms with Gasteiger partial charge in [-0.05, 0) is 0 Å². The van der Waals surface area contributed by atoms with E-state index < -0.39 is 11.8 Å². The molecule has 4 aliphatic rings. The second-order valence-electron chi connectivity index (χ2n) is 10.8. The predicted octanol–water partition coefficient (Wildman–Crippen LogP) is 5.46. The monoisotopic (exact) mass is 540 g/mol. The fourth-order valence-electron chi connectivity index (χ4n) is 7.55. The van der Waals surface area contributed by atoms with Crippen molar-refractivity contribution in [1.29, 1.82) is 0 Å². The first-order chi connectivity index (χ1) is 15.0. The van der Waals surface area contributed by atoms with Crippen LogP contribution in [0.1, 0.15) is 103 Å². The van der Waals surface area contributed by atoms with Crippen LogP contribution in [0.5, 0.6) is 0 Å². The first kappa shape index (κ1) is 24.3. The minimum absolute atomic E-state index is 0.0218. The van der Waals surface area contributed by atoms with Crippen LogP contribution in [-0.2, 0) is 12.4 Å². The first-order valence-electron chi connectivity index (χ1n) is 12.8. The molecular weight excluding hydrogens is 500 g/mol. The van der Waals surface area contributed by atoms with Crippen molar-refractivity contribution in [3.63, 3.8) is 0 Å². The summed E-state index contributed by atoms with van der Waals surface area (Å²) >= 11 is 0.814. The molecule has 3 aliphatic carbocycles. The summed E-state index contributed by atoms with van der Waals surface area (Å²) in [6.07, 6.45) is 18.5. The second-order valence-corrected chi connectivity index (χ2v) is 11.5. The van der Waals surface area contributed by atoms with Crippen molar-refractivity contribution in [1.82, 2.24) is 0 Å².